The molecule has 28 heavy (non-hydrogen) atoms. The average molecular weight is 393 g/mol. The van der Waals surface area contributed by atoms with Crippen LogP contribution in [0.2, 0.25) is 0 Å². The molecule has 0 atom stereocenters. The minimum Gasteiger partial charge on any atom is -0.497 e. The number of carbonyl (C=O) groups is 1. The number of nitrogens with two attached hydrogens (primary N) is 1. The van der Waals surface area contributed by atoms with Gasteiger partial charge in [-0.3, -0.25) is 4.79 Å². The lowest BCUT2D eigenvalue weighted by Gasteiger charge is -2.17. The van der Waals surface area contributed by atoms with Gasteiger partial charge in [-0.2, -0.15) is 5.26 Å². The third-order valence-corrected chi connectivity index (χ3v) is 5.04. The highest BCUT2D eigenvalue weighted by Gasteiger charge is 2.12. The van der Waals surface area contributed by atoms with E-state index < -0.39 is 0 Å². The van der Waals surface area contributed by atoms with Crippen molar-refractivity contribution in [1.82, 2.24) is 14.9 Å². The fraction of sp³-hybridized carbons (Fsp3) is 0.200. The van der Waals surface area contributed by atoms with Gasteiger partial charge in [-0.1, -0.05) is 30.0 Å². The van der Waals surface area contributed by atoms with Crippen molar-refractivity contribution in [3.05, 3.63) is 53.7 Å². The number of thioether (sulfide) groups is 1. The number of nitrogens with zero attached hydrogens (tertiary/aromatic N) is 4. The summed E-state index contributed by atoms with van der Waals surface area (Å²) in [5.41, 5.74) is 6.94. The molecule has 142 valence electrons. The number of hydrogen-bond acceptors (Lipinski definition) is 7. The van der Waals surface area contributed by atoms with Crippen molar-refractivity contribution in [3.8, 4) is 11.8 Å². The zero-order chi connectivity index (χ0) is 20.1. The summed E-state index contributed by atoms with van der Waals surface area (Å²) in [5, 5.41) is 11.4. The number of nitriles is 1. The fourth-order valence-corrected chi connectivity index (χ4v) is 3.39. The Bertz CT molecular complexity index is 1060. The van der Waals surface area contributed by atoms with Crippen molar-refractivity contribution < 1.29 is 9.53 Å². The Hall–Kier alpha value is -3.31. The van der Waals surface area contributed by atoms with Gasteiger partial charge in [0.25, 0.3) is 0 Å². The number of amides is 1. The summed E-state index contributed by atoms with van der Waals surface area (Å²) in [4.78, 5) is 22.2. The number of fused-ring (bicyclic) bond motifs is 1. The molecule has 0 unspecified atom stereocenters. The normalized spacial score (nSPS) is 10.5. The second-order valence-electron chi connectivity index (χ2n) is 6.15. The molecule has 8 heteroatoms. The molecule has 0 radical (unpaired) electrons. The highest BCUT2D eigenvalue weighted by molar-refractivity contribution is 7.99. The minimum absolute atomic E-state index is 0.0497. The van der Waals surface area contributed by atoms with E-state index >= 15 is 0 Å². The molecule has 1 amide bonds. The lowest BCUT2D eigenvalue weighted by atomic mass is 10.1. The summed E-state index contributed by atoms with van der Waals surface area (Å²) in [5.74, 6) is 1.07. The van der Waals surface area contributed by atoms with Crippen molar-refractivity contribution in [2.75, 3.05) is 25.6 Å². The predicted octanol–water partition coefficient (Wildman–Crippen LogP) is 2.84. The van der Waals surface area contributed by atoms with Crippen molar-refractivity contribution in [3.63, 3.8) is 0 Å². The summed E-state index contributed by atoms with van der Waals surface area (Å²) < 4.78 is 5.24. The van der Waals surface area contributed by atoms with Gasteiger partial charge >= 0.3 is 0 Å². The van der Waals surface area contributed by atoms with Gasteiger partial charge in [-0.05, 0) is 34.5 Å². The first-order valence-corrected chi connectivity index (χ1v) is 9.45. The highest BCUT2D eigenvalue weighted by atomic mass is 32.2. The number of ether oxygens (including phenoxy) is 1. The van der Waals surface area contributed by atoms with Crippen LogP contribution in [0.3, 0.4) is 0 Å². The van der Waals surface area contributed by atoms with Crippen LogP contribution in [0.15, 0.2) is 47.8 Å². The zero-order valence-corrected chi connectivity index (χ0v) is 16.4. The number of nitrogen functional groups attached to an aromatic ring is 1. The molecule has 7 nitrogen and oxygen atoms in total. The lowest BCUT2D eigenvalue weighted by molar-refractivity contribution is -0.127. The molecule has 0 aliphatic heterocycles. The molecular formula is C20H19N5O2S. The van der Waals surface area contributed by atoms with Crippen LogP contribution in [-0.2, 0) is 11.3 Å². The number of benzene rings is 2. The summed E-state index contributed by atoms with van der Waals surface area (Å²) in [6.07, 6.45) is 1.36. The Morgan fingerprint density at radius 3 is 2.75 bits per heavy atom. The quantitative estimate of drug-likeness (QED) is 0.507. The van der Waals surface area contributed by atoms with E-state index in [2.05, 4.69) is 16.0 Å². The number of aromatic nitrogens is 2. The maximum atomic E-state index is 12.4. The Morgan fingerprint density at radius 1 is 1.29 bits per heavy atom. The van der Waals surface area contributed by atoms with Gasteiger partial charge in [0.1, 0.15) is 23.2 Å². The first-order chi connectivity index (χ1) is 13.5. The molecule has 0 fully saturated rings. The van der Waals surface area contributed by atoms with Crippen LogP contribution >= 0.6 is 11.8 Å². The molecule has 0 aliphatic carbocycles. The number of anilines is 1. The Kier molecular flexibility index (Phi) is 5.96. The monoisotopic (exact) mass is 393 g/mol. The van der Waals surface area contributed by atoms with Crippen molar-refractivity contribution in [1.29, 1.82) is 5.26 Å². The molecule has 0 saturated carbocycles. The van der Waals surface area contributed by atoms with E-state index in [4.69, 9.17) is 15.7 Å². The molecule has 2 N–H and O–H groups in total. The van der Waals surface area contributed by atoms with Crippen LogP contribution in [0.4, 0.5) is 5.82 Å². The molecule has 0 saturated heterocycles. The second kappa shape index (κ2) is 8.59. The summed E-state index contributed by atoms with van der Waals surface area (Å²) in [6.45, 7) is 0.498. The number of carbonyl (C=O) groups excluding carboxylic acids is 1. The van der Waals surface area contributed by atoms with Crippen LogP contribution in [0.5, 0.6) is 5.75 Å². The molecule has 1 heterocycles. The van der Waals surface area contributed by atoms with Gasteiger partial charge in [0.2, 0.25) is 5.91 Å². The van der Waals surface area contributed by atoms with Gasteiger partial charge in [-0.15, -0.1) is 0 Å². The van der Waals surface area contributed by atoms with Crippen molar-refractivity contribution in [2.45, 2.75) is 11.7 Å². The fourth-order valence-electron chi connectivity index (χ4n) is 2.63. The maximum absolute atomic E-state index is 12.4. The summed E-state index contributed by atoms with van der Waals surface area (Å²) >= 11 is 1.19. The first kappa shape index (κ1) is 19.5. The van der Waals surface area contributed by atoms with Gasteiger partial charge < -0.3 is 15.4 Å². The molecular weight excluding hydrogens is 374 g/mol. The molecule has 3 aromatic rings. The standard InChI is InChI=1S/C20H19N5O2S/c1-25(18(26)12-28-20-23-10-16(9-21)19(22)24-20)11-13-3-4-15-8-17(27-2)6-5-14(15)7-13/h3-8,10H,11-12H2,1-2H3,(H2,22,23,24). The van der Waals surface area contributed by atoms with Crippen LogP contribution in [-0.4, -0.2) is 40.7 Å². The SMILES string of the molecule is COc1ccc2cc(CN(C)C(=O)CSc3ncc(C#N)c(N)n3)ccc2c1. The average Bonchev–Trinajstić information content (AvgIpc) is 2.71. The van der Waals surface area contributed by atoms with E-state index in [-0.39, 0.29) is 23.0 Å². The Labute approximate surface area is 167 Å². The third kappa shape index (κ3) is 4.50. The van der Waals surface area contributed by atoms with Crippen LogP contribution < -0.4 is 10.5 Å². The number of methoxy groups -OCH3 is 1. The highest BCUT2D eigenvalue weighted by Crippen LogP contribution is 2.23. The third-order valence-electron chi connectivity index (χ3n) is 4.20. The molecule has 2 aromatic carbocycles. The topological polar surface area (TPSA) is 105 Å². The molecule has 0 bridgehead atoms. The van der Waals surface area contributed by atoms with Crippen molar-refractivity contribution in [2.24, 2.45) is 0 Å². The molecule has 0 spiro atoms. The predicted molar refractivity (Wildman–Crippen MR) is 109 cm³/mol. The number of hydrogen-bond donors (Lipinski definition) is 1. The maximum Gasteiger partial charge on any atom is 0.233 e. The molecule has 1 aromatic heterocycles. The first-order valence-electron chi connectivity index (χ1n) is 8.46. The van der Waals surface area contributed by atoms with E-state index in [0.717, 1.165) is 22.1 Å². The summed E-state index contributed by atoms with van der Waals surface area (Å²) in [6, 6.07) is 13.9. The van der Waals surface area contributed by atoms with Crippen LogP contribution in [0.25, 0.3) is 10.8 Å². The van der Waals surface area contributed by atoms with E-state index in [0.29, 0.717) is 11.7 Å². The van der Waals surface area contributed by atoms with Crippen LogP contribution in [0, 0.1) is 11.3 Å². The van der Waals surface area contributed by atoms with Crippen molar-refractivity contribution >= 4 is 34.3 Å². The molecule has 0 aliphatic rings. The summed E-state index contributed by atoms with van der Waals surface area (Å²) in [7, 11) is 3.40. The second-order valence-corrected chi connectivity index (χ2v) is 7.09. The van der Waals surface area contributed by atoms with Gasteiger partial charge in [0, 0.05) is 13.6 Å². The van der Waals surface area contributed by atoms with Gasteiger partial charge in [0.05, 0.1) is 19.1 Å². The van der Waals surface area contributed by atoms with E-state index in [1.54, 1.807) is 19.1 Å². The number of rotatable bonds is 6. The largest absolute Gasteiger partial charge is 0.497 e. The Balaban J connectivity index is 1.61. The van der Waals surface area contributed by atoms with Crippen LogP contribution in [0.1, 0.15) is 11.1 Å². The zero-order valence-electron chi connectivity index (χ0n) is 15.5. The smallest absolute Gasteiger partial charge is 0.233 e. The van der Waals surface area contributed by atoms with Gasteiger partial charge in [0.15, 0.2) is 5.16 Å². The van der Waals surface area contributed by atoms with E-state index in [1.807, 2.05) is 36.4 Å². The lowest BCUT2D eigenvalue weighted by Crippen LogP contribution is -2.27. The minimum atomic E-state index is -0.0497. The Morgan fingerprint density at radius 2 is 2.04 bits per heavy atom. The van der Waals surface area contributed by atoms with E-state index in [9.17, 15) is 4.79 Å². The van der Waals surface area contributed by atoms with E-state index in [1.165, 1.54) is 18.0 Å². The van der Waals surface area contributed by atoms with Gasteiger partial charge in [-0.25, -0.2) is 9.97 Å². The molecule has 3 rings (SSSR count).